The van der Waals surface area contributed by atoms with E-state index in [1.165, 1.54) is 73.7 Å². The lowest BCUT2D eigenvalue weighted by Crippen LogP contribution is -2.53. The molecule has 0 unspecified atom stereocenters. The van der Waals surface area contributed by atoms with E-state index >= 15 is 0 Å². The van der Waals surface area contributed by atoms with Gasteiger partial charge in [0, 0.05) is 25.6 Å². The van der Waals surface area contributed by atoms with Crippen LogP contribution in [0.25, 0.3) is 0 Å². The number of methoxy groups -OCH3 is 2. The molecule has 248 valence electrons. The van der Waals surface area contributed by atoms with Gasteiger partial charge in [-0.05, 0) is 66.1 Å². The molecule has 4 rings (SSSR count). The SMILES string of the molecule is CCCNC(=O)[C@@H](Cc1ccccc1)N(Cc1ccc(F)cc1)C(=O)CN(c1ccc(F)cc1)S(=O)(=O)c1ccc(OC)c(OC)c1. The average molecular weight is 666 g/mol. The molecule has 0 spiro atoms. The van der Waals surface area contributed by atoms with Crippen LogP contribution in [0.3, 0.4) is 0 Å². The van der Waals surface area contributed by atoms with Crippen LogP contribution < -0.4 is 19.1 Å². The summed E-state index contributed by atoms with van der Waals surface area (Å²) in [6, 6.07) is 22.2. The van der Waals surface area contributed by atoms with Gasteiger partial charge in [0.05, 0.1) is 24.8 Å². The number of rotatable bonds is 15. The first-order chi connectivity index (χ1) is 22.6. The summed E-state index contributed by atoms with van der Waals surface area (Å²) >= 11 is 0. The standard InChI is InChI=1S/C35H37F2N3O6S/c1-4-20-38-35(42)31(21-25-8-6-5-7-9-25)39(23-26-10-12-27(36)13-11-26)34(41)24-40(29-16-14-28(37)15-17-29)47(43,44)30-18-19-32(45-2)33(22-30)46-3/h5-19,22,31H,4,20-21,23-24H2,1-3H3,(H,38,42)/t31-/m1/s1. The van der Waals surface area contributed by atoms with E-state index in [9.17, 15) is 26.8 Å². The molecule has 0 saturated carbocycles. The van der Waals surface area contributed by atoms with E-state index in [2.05, 4.69) is 5.32 Å². The summed E-state index contributed by atoms with van der Waals surface area (Å²) in [6.45, 7) is 1.39. The number of ether oxygens (including phenoxy) is 2. The highest BCUT2D eigenvalue weighted by Crippen LogP contribution is 2.32. The van der Waals surface area contributed by atoms with Crippen molar-refractivity contribution in [3.8, 4) is 11.5 Å². The highest BCUT2D eigenvalue weighted by molar-refractivity contribution is 7.92. The maximum Gasteiger partial charge on any atom is 0.264 e. The van der Waals surface area contributed by atoms with Crippen molar-refractivity contribution in [1.82, 2.24) is 10.2 Å². The predicted molar refractivity (Wildman–Crippen MR) is 175 cm³/mol. The van der Waals surface area contributed by atoms with Crippen LogP contribution in [0, 0.1) is 11.6 Å². The number of benzene rings is 4. The van der Waals surface area contributed by atoms with E-state index in [0.717, 1.165) is 22.0 Å². The number of sulfonamides is 1. The second-order valence-electron chi connectivity index (χ2n) is 10.6. The zero-order valence-corrected chi connectivity index (χ0v) is 27.2. The topological polar surface area (TPSA) is 105 Å². The van der Waals surface area contributed by atoms with Gasteiger partial charge in [0.2, 0.25) is 11.8 Å². The first kappa shape index (κ1) is 34.9. The minimum atomic E-state index is -4.47. The number of carbonyl (C=O) groups excluding carboxylic acids is 2. The molecule has 9 nitrogen and oxygen atoms in total. The van der Waals surface area contributed by atoms with Gasteiger partial charge in [-0.15, -0.1) is 0 Å². The first-order valence-corrected chi connectivity index (χ1v) is 16.4. The largest absolute Gasteiger partial charge is 0.493 e. The van der Waals surface area contributed by atoms with Crippen molar-refractivity contribution < 1.29 is 36.3 Å². The van der Waals surface area contributed by atoms with Gasteiger partial charge in [-0.1, -0.05) is 49.4 Å². The van der Waals surface area contributed by atoms with Crippen LogP contribution in [0.15, 0.2) is 102 Å². The minimum Gasteiger partial charge on any atom is -0.493 e. The fourth-order valence-electron chi connectivity index (χ4n) is 4.95. The summed E-state index contributed by atoms with van der Waals surface area (Å²) < 4.78 is 67.6. The highest BCUT2D eigenvalue weighted by atomic mass is 32.2. The first-order valence-electron chi connectivity index (χ1n) is 14.9. The summed E-state index contributed by atoms with van der Waals surface area (Å²) in [7, 11) is -1.70. The zero-order valence-electron chi connectivity index (χ0n) is 26.4. The summed E-state index contributed by atoms with van der Waals surface area (Å²) in [5.41, 5.74) is 1.32. The fourth-order valence-corrected chi connectivity index (χ4v) is 6.38. The summed E-state index contributed by atoms with van der Waals surface area (Å²) in [5.74, 6) is -1.78. The third-order valence-corrected chi connectivity index (χ3v) is 9.19. The van der Waals surface area contributed by atoms with Gasteiger partial charge in [0.25, 0.3) is 10.0 Å². The van der Waals surface area contributed by atoms with Gasteiger partial charge in [0.1, 0.15) is 24.2 Å². The molecule has 0 aliphatic heterocycles. The number of halogens is 2. The van der Waals surface area contributed by atoms with Crippen LogP contribution in [0.2, 0.25) is 0 Å². The maximum absolute atomic E-state index is 14.4. The molecular weight excluding hydrogens is 628 g/mol. The Kier molecular flexibility index (Phi) is 11.9. The Labute approximate surface area is 273 Å². The molecule has 4 aromatic carbocycles. The second-order valence-corrected chi connectivity index (χ2v) is 12.5. The van der Waals surface area contributed by atoms with Crippen molar-refractivity contribution in [2.75, 3.05) is 31.6 Å². The number of carbonyl (C=O) groups is 2. The third kappa shape index (κ3) is 8.85. The van der Waals surface area contributed by atoms with Crippen LogP contribution >= 0.6 is 0 Å². The Morgan fingerprint density at radius 1 is 0.809 bits per heavy atom. The van der Waals surface area contributed by atoms with Crippen molar-refractivity contribution in [1.29, 1.82) is 0 Å². The molecule has 1 atom stereocenters. The molecule has 0 aliphatic carbocycles. The fraction of sp³-hybridized carbons (Fsp3) is 0.257. The van der Waals surface area contributed by atoms with E-state index in [-0.39, 0.29) is 29.3 Å². The van der Waals surface area contributed by atoms with E-state index in [4.69, 9.17) is 9.47 Å². The molecule has 4 aromatic rings. The quantitative estimate of drug-likeness (QED) is 0.184. The van der Waals surface area contributed by atoms with Crippen molar-refractivity contribution >= 4 is 27.5 Å². The smallest absolute Gasteiger partial charge is 0.264 e. The summed E-state index contributed by atoms with van der Waals surface area (Å²) in [5, 5.41) is 2.86. The molecule has 0 fully saturated rings. The molecule has 0 aromatic heterocycles. The maximum atomic E-state index is 14.4. The van der Waals surface area contributed by atoms with Crippen LogP contribution in [-0.4, -0.2) is 58.5 Å². The number of hydrogen-bond acceptors (Lipinski definition) is 6. The molecular formula is C35H37F2N3O6S. The van der Waals surface area contributed by atoms with Gasteiger partial charge in [0.15, 0.2) is 11.5 Å². The Balaban J connectivity index is 1.81. The molecule has 1 N–H and O–H groups in total. The molecule has 12 heteroatoms. The van der Waals surface area contributed by atoms with Crippen molar-refractivity contribution in [2.45, 2.75) is 37.2 Å². The normalized spacial score (nSPS) is 11.8. The van der Waals surface area contributed by atoms with E-state index < -0.39 is 46.1 Å². The van der Waals surface area contributed by atoms with Crippen LogP contribution in [-0.2, 0) is 32.6 Å². The highest BCUT2D eigenvalue weighted by Gasteiger charge is 2.35. The third-order valence-electron chi connectivity index (χ3n) is 7.42. The second kappa shape index (κ2) is 16.0. The Bertz CT molecular complexity index is 1750. The zero-order chi connectivity index (χ0) is 34.0. The van der Waals surface area contributed by atoms with Crippen LogP contribution in [0.4, 0.5) is 14.5 Å². The average Bonchev–Trinajstić information content (AvgIpc) is 3.08. The van der Waals surface area contributed by atoms with Crippen LogP contribution in [0.5, 0.6) is 11.5 Å². The molecule has 47 heavy (non-hydrogen) atoms. The van der Waals surface area contributed by atoms with Crippen LogP contribution in [0.1, 0.15) is 24.5 Å². The van der Waals surface area contributed by atoms with Gasteiger partial charge in [-0.2, -0.15) is 0 Å². The van der Waals surface area contributed by atoms with E-state index in [0.29, 0.717) is 24.3 Å². The van der Waals surface area contributed by atoms with Gasteiger partial charge in [-0.25, -0.2) is 17.2 Å². The molecule has 0 saturated heterocycles. The Hall–Kier alpha value is -4.97. The lowest BCUT2D eigenvalue weighted by atomic mass is 10.0. The number of anilines is 1. The molecule has 2 amide bonds. The molecule has 0 bridgehead atoms. The number of hydrogen-bond donors (Lipinski definition) is 1. The lowest BCUT2D eigenvalue weighted by molar-refractivity contribution is -0.140. The molecule has 0 aliphatic rings. The number of nitrogens with zero attached hydrogens (tertiary/aromatic N) is 2. The van der Waals surface area contributed by atoms with E-state index in [1.54, 1.807) is 0 Å². The summed E-state index contributed by atoms with van der Waals surface area (Å²) in [4.78, 5) is 29.2. The lowest BCUT2D eigenvalue weighted by Gasteiger charge is -2.34. The Morgan fingerprint density at radius 3 is 2.02 bits per heavy atom. The van der Waals surface area contributed by atoms with E-state index in [1.807, 2.05) is 37.3 Å². The molecule has 0 heterocycles. The van der Waals surface area contributed by atoms with Crippen molar-refractivity contribution in [3.63, 3.8) is 0 Å². The monoisotopic (exact) mass is 665 g/mol. The number of amides is 2. The van der Waals surface area contributed by atoms with Gasteiger partial charge < -0.3 is 19.7 Å². The number of nitrogens with one attached hydrogen (secondary N) is 1. The van der Waals surface area contributed by atoms with Crippen molar-refractivity contribution in [2.24, 2.45) is 0 Å². The predicted octanol–water partition coefficient (Wildman–Crippen LogP) is 5.34. The molecule has 0 radical (unpaired) electrons. The van der Waals surface area contributed by atoms with Gasteiger partial charge >= 0.3 is 0 Å². The summed E-state index contributed by atoms with van der Waals surface area (Å²) in [6.07, 6.45) is 0.778. The van der Waals surface area contributed by atoms with Crippen molar-refractivity contribution in [3.05, 3.63) is 120 Å². The Morgan fingerprint density at radius 2 is 1.43 bits per heavy atom. The minimum absolute atomic E-state index is 0.0197. The van der Waals surface area contributed by atoms with Gasteiger partial charge in [-0.3, -0.25) is 13.9 Å².